The molecule has 0 aliphatic carbocycles. The molecule has 0 bridgehead atoms. The van der Waals surface area contributed by atoms with Gasteiger partial charge < -0.3 is 14.7 Å². The number of hydrogen-bond acceptors (Lipinski definition) is 5. The number of rotatable bonds is 6. The Morgan fingerprint density at radius 2 is 2.17 bits per heavy atom. The molecule has 1 N–H and O–H groups in total. The lowest BCUT2D eigenvalue weighted by Gasteiger charge is -2.26. The number of carbonyl (C=O) groups is 1. The second-order valence-electron chi connectivity index (χ2n) is 4.16. The molecule has 1 aromatic rings. The quantitative estimate of drug-likeness (QED) is 0.827. The second kappa shape index (κ2) is 6.18. The largest absolute Gasteiger partial charge is 0.480 e. The Balaban J connectivity index is 3.06. The topological polar surface area (TPSA) is 75.5 Å². The van der Waals surface area contributed by atoms with Crippen LogP contribution in [-0.4, -0.2) is 40.2 Å². The van der Waals surface area contributed by atoms with Crippen LogP contribution < -0.4 is 9.64 Å². The monoisotopic (exact) mass is 253 g/mol. The molecule has 6 nitrogen and oxygen atoms in total. The number of aryl methyl sites for hydroxylation is 1. The van der Waals surface area contributed by atoms with Crippen molar-refractivity contribution in [3.63, 3.8) is 0 Å². The Hall–Kier alpha value is -1.85. The zero-order valence-corrected chi connectivity index (χ0v) is 11.2. The van der Waals surface area contributed by atoms with E-state index < -0.39 is 5.97 Å². The highest BCUT2D eigenvalue weighted by atomic mass is 16.5. The van der Waals surface area contributed by atoms with Gasteiger partial charge in [-0.1, -0.05) is 0 Å². The minimum absolute atomic E-state index is 0.0323. The van der Waals surface area contributed by atoms with Crippen LogP contribution in [0, 0.1) is 6.92 Å². The first-order valence-corrected chi connectivity index (χ1v) is 5.91. The Morgan fingerprint density at radius 3 is 2.67 bits per heavy atom. The van der Waals surface area contributed by atoms with E-state index in [0.29, 0.717) is 24.1 Å². The van der Waals surface area contributed by atoms with Crippen LogP contribution in [-0.2, 0) is 4.79 Å². The predicted octanol–water partition coefficient (Wildman–Crippen LogP) is 1.48. The molecular formula is C12H19N3O3. The molecule has 1 aromatic heterocycles. The van der Waals surface area contributed by atoms with Gasteiger partial charge in [-0.25, -0.2) is 4.98 Å². The molecular weight excluding hydrogens is 234 g/mol. The van der Waals surface area contributed by atoms with E-state index in [9.17, 15) is 4.79 Å². The zero-order valence-electron chi connectivity index (χ0n) is 11.2. The van der Waals surface area contributed by atoms with E-state index in [1.165, 1.54) is 0 Å². The van der Waals surface area contributed by atoms with Gasteiger partial charge in [0.15, 0.2) is 0 Å². The molecule has 0 aromatic carbocycles. The van der Waals surface area contributed by atoms with Crippen molar-refractivity contribution in [2.75, 3.05) is 18.1 Å². The molecule has 0 aliphatic rings. The second-order valence-corrected chi connectivity index (χ2v) is 4.16. The Labute approximate surface area is 107 Å². The SMILES string of the molecule is CCOc1cc(N(CC(=O)O)C(C)C)nc(C)n1. The van der Waals surface area contributed by atoms with Crippen molar-refractivity contribution in [3.05, 3.63) is 11.9 Å². The maximum Gasteiger partial charge on any atom is 0.323 e. The number of nitrogens with zero attached hydrogens (tertiary/aromatic N) is 3. The van der Waals surface area contributed by atoms with Gasteiger partial charge in [-0.2, -0.15) is 4.98 Å². The molecule has 0 saturated carbocycles. The summed E-state index contributed by atoms with van der Waals surface area (Å²) in [5.41, 5.74) is 0. The van der Waals surface area contributed by atoms with Crippen molar-refractivity contribution in [1.29, 1.82) is 0 Å². The molecule has 18 heavy (non-hydrogen) atoms. The van der Waals surface area contributed by atoms with Crippen molar-refractivity contribution >= 4 is 11.8 Å². The summed E-state index contributed by atoms with van der Waals surface area (Å²) in [4.78, 5) is 21.0. The molecule has 1 rings (SSSR count). The molecule has 0 aliphatic heterocycles. The molecule has 0 fully saturated rings. The van der Waals surface area contributed by atoms with Gasteiger partial charge in [-0.05, 0) is 27.7 Å². The van der Waals surface area contributed by atoms with E-state index in [2.05, 4.69) is 9.97 Å². The summed E-state index contributed by atoms with van der Waals surface area (Å²) in [5, 5.41) is 8.92. The molecule has 0 unspecified atom stereocenters. The van der Waals surface area contributed by atoms with Crippen LogP contribution in [0.5, 0.6) is 5.88 Å². The molecule has 0 spiro atoms. The Kier molecular flexibility index (Phi) is 4.88. The third-order valence-corrected chi connectivity index (χ3v) is 2.32. The summed E-state index contributed by atoms with van der Waals surface area (Å²) < 4.78 is 5.34. The third-order valence-electron chi connectivity index (χ3n) is 2.32. The van der Waals surface area contributed by atoms with Crippen LogP contribution in [0.3, 0.4) is 0 Å². The number of anilines is 1. The first-order chi connectivity index (χ1) is 8.43. The van der Waals surface area contributed by atoms with Gasteiger partial charge >= 0.3 is 5.97 Å². The van der Waals surface area contributed by atoms with Gasteiger partial charge in [0.2, 0.25) is 5.88 Å². The highest BCUT2D eigenvalue weighted by molar-refractivity contribution is 5.73. The van der Waals surface area contributed by atoms with E-state index in [1.807, 2.05) is 20.8 Å². The van der Waals surface area contributed by atoms with Crippen molar-refractivity contribution in [3.8, 4) is 5.88 Å². The van der Waals surface area contributed by atoms with E-state index in [1.54, 1.807) is 17.9 Å². The highest BCUT2D eigenvalue weighted by Gasteiger charge is 2.17. The fourth-order valence-corrected chi connectivity index (χ4v) is 1.57. The lowest BCUT2D eigenvalue weighted by molar-refractivity contribution is -0.135. The summed E-state index contributed by atoms with van der Waals surface area (Å²) in [5.74, 6) is 0.712. The van der Waals surface area contributed by atoms with Gasteiger partial charge in [-0.15, -0.1) is 0 Å². The third kappa shape index (κ3) is 3.87. The van der Waals surface area contributed by atoms with Gasteiger partial charge in [0.05, 0.1) is 6.61 Å². The lowest BCUT2D eigenvalue weighted by Crippen LogP contribution is -2.36. The standard InChI is InChI=1S/C12H19N3O3/c1-5-18-11-6-10(13-9(4)14-11)15(8(2)3)7-12(16)17/h6,8H,5,7H2,1-4H3,(H,16,17). The maximum atomic E-state index is 10.9. The summed E-state index contributed by atoms with van der Waals surface area (Å²) in [7, 11) is 0. The van der Waals surface area contributed by atoms with Crippen LogP contribution in [0.1, 0.15) is 26.6 Å². The summed E-state index contributed by atoms with van der Waals surface area (Å²) in [6.45, 7) is 7.87. The summed E-state index contributed by atoms with van der Waals surface area (Å²) >= 11 is 0. The van der Waals surface area contributed by atoms with Gasteiger partial charge in [0, 0.05) is 12.1 Å². The molecule has 0 atom stereocenters. The molecule has 6 heteroatoms. The number of aromatic nitrogens is 2. The average Bonchev–Trinajstić information content (AvgIpc) is 2.24. The smallest absolute Gasteiger partial charge is 0.323 e. The van der Waals surface area contributed by atoms with Crippen LogP contribution >= 0.6 is 0 Å². The normalized spacial score (nSPS) is 10.5. The predicted molar refractivity (Wildman–Crippen MR) is 68.1 cm³/mol. The summed E-state index contributed by atoms with van der Waals surface area (Å²) in [6.07, 6.45) is 0. The van der Waals surface area contributed by atoms with E-state index in [-0.39, 0.29) is 12.6 Å². The fraction of sp³-hybridized carbons (Fsp3) is 0.583. The van der Waals surface area contributed by atoms with E-state index in [4.69, 9.17) is 9.84 Å². The van der Waals surface area contributed by atoms with Crippen LogP contribution in [0.25, 0.3) is 0 Å². The number of hydrogen-bond donors (Lipinski definition) is 1. The van der Waals surface area contributed by atoms with Crippen LogP contribution in [0.2, 0.25) is 0 Å². The van der Waals surface area contributed by atoms with Crippen molar-refractivity contribution < 1.29 is 14.6 Å². The maximum absolute atomic E-state index is 10.9. The zero-order chi connectivity index (χ0) is 13.7. The minimum Gasteiger partial charge on any atom is -0.480 e. The van der Waals surface area contributed by atoms with Crippen LogP contribution in [0.15, 0.2) is 6.07 Å². The van der Waals surface area contributed by atoms with Gasteiger partial charge in [0.25, 0.3) is 0 Å². The van der Waals surface area contributed by atoms with Crippen molar-refractivity contribution in [2.45, 2.75) is 33.7 Å². The van der Waals surface area contributed by atoms with E-state index in [0.717, 1.165) is 0 Å². The Bertz CT molecular complexity index is 421. The van der Waals surface area contributed by atoms with E-state index >= 15 is 0 Å². The molecule has 0 radical (unpaired) electrons. The average molecular weight is 253 g/mol. The molecule has 0 amide bonds. The number of aliphatic carboxylic acids is 1. The molecule has 100 valence electrons. The molecule has 1 heterocycles. The van der Waals surface area contributed by atoms with Crippen molar-refractivity contribution in [1.82, 2.24) is 9.97 Å². The minimum atomic E-state index is -0.891. The van der Waals surface area contributed by atoms with Gasteiger partial charge in [0.1, 0.15) is 18.2 Å². The van der Waals surface area contributed by atoms with Gasteiger partial charge in [-0.3, -0.25) is 4.79 Å². The number of carboxylic acids is 1. The Morgan fingerprint density at radius 1 is 1.50 bits per heavy atom. The first kappa shape index (κ1) is 14.2. The number of ether oxygens (including phenoxy) is 1. The summed E-state index contributed by atoms with van der Waals surface area (Å²) in [6, 6.07) is 1.70. The van der Waals surface area contributed by atoms with Crippen molar-refractivity contribution in [2.24, 2.45) is 0 Å². The van der Waals surface area contributed by atoms with Crippen LogP contribution in [0.4, 0.5) is 5.82 Å². The fourth-order valence-electron chi connectivity index (χ4n) is 1.57. The first-order valence-electron chi connectivity index (χ1n) is 5.91. The molecule has 0 saturated heterocycles. The lowest BCUT2D eigenvalue weighted by atomic mass is 10.3. The highest BCUT2D eigenvalue weighted by Crippen LogP contribution is 2.19. The number of carboxylic acid groups (broad SMARTS) is 1.